The highest BCUT2D eigenvalue weighted by Crippen LogP contribution is 2.31. The highest BCUT2D eigenvalue weighted by atomic mass is 32.2. The standard InChI is InChI=1S/C14H16N2O2S2/c1-11-6-7-14(19-11)20(17,18)16-9-8-15-10-12-4-2-3-5-13(12)16/h2-7,15H,8-10H2,1H3. The van der Waals surface area contributed by atoms with Gasteiger partial charge in [-0.25, -0.2) is 8.42 Å². The van der Waals surface area contributed by atoms with Crippen molar-refractivity contribution in [2.75, 3.05) is 17.4 Å². The Morgan fingerprint density at radius 2 is 2.00 bits per heavy atom. The number of anilines is 1. The molecule has 106 valence electrons. The molecule has 2 aromatic rings. The molecule has 6 heteroatoms. The predicted octanol–water partition coefficient (Wildman–Crippen LogP) is 2.36. The number of nitrogens with zero attached hydrogens (tertiary/aromatic N) is 1. The lowest BCUT2D eigenvalue weighted by Gasteiger charge is -2.23. The molecule has 3 rings (SSSR count). The molecular weight excluding hydrogens is 292 g/mol. The number of para-hydroxylation sites is 1. The van der Waals surface area contributed by atoms with E-state index in [-0.39, 0.29) is 0 Å². The minimum Gasteiger partial charge on any atom is -0.311 e. The van der Waals surface area contributed by atoms with Gasteiger partial charge in [0.25, 0.3) is 10.0 Å². The first-order chi connectivity index (χ1) is 9.59. The maximum Gasteiger partial charge on any atom is 0.273 e. The molecule has 0 radical (unpaired) electrons. The topological polar surface area (TPSA) is 49.4 Å². The van der Waals surface area contributed by atoms with Crippen molar-refractivity contribution in [3.05, 3.63) is 46.8 Å². The molecule has 0 aliphatic carbocycles. The van der Waals surface area contributed by atoms with Crippen molar-refractivity contribution in [3.8, 4) is 0 Å². The third-order valence-electron chi connectivity index (χ3n) is 3.33. The summed E-state index contributed by atoms with van der Waals surface area (Å²) in [6, 6.07) is 11.2. The van der Waals surface area contributed by atoms with Crippen molar-refractivity contribution in [1.29, 1.82) is 0 Å². The lowest BCUT2D eigenvalue weighted by Crippen LogP contribution is -2.34. The van der Waals surface area contributed by atoms with E-state index in [9.17, 15) is 8.42 Å². The van der Waals surface area contributed by atoms with Gasteiger partial charge < -0.3 is 5.32 Å². The van der Waals surface area contributed by atoms with Crippen LogP contribution in [0.5, 0.6) is 0 Å². The fourth-order valence-corrected chi connectivity index (χ4v) is 5.24. The zero-order valence-electron chi connectivity index (χ0n) is 11.2. The van der Waals surface area contributed by atoms with E-state index in [4.69, 9.17) is 0 Å². The molecule has 2 heterocycles. The summed E-state index contributed by atoms with van der Waals surface area (Å²) in [6.07, 6.45) is 0. The van der Waals surface area contributed by atoms with Crippen LogP contribution >= 0.6 is 11.3 Å². The van der Waals surface area contributed by atoms with E-state index in [2.05, 4.69) is 5.32 Å². The van der Waals surface area contributed by atoms with Crippen LogP contribution in [0.25, 0.3) is 0 Å². The molecule has 1 aliphatic rings. The average Bonchev–Trinajstić information content (AvgIpc) is 2.75. The molecule has 1 aromatic heterocycles. The zero-order chi connectivity index (χ0) is 14.2. The molecule has 1 aliphatic heterocycles. The molecular formula is C14H16N2O2S2. The molecule has 4 nitrogen and oxygen atoms in total. The lowest BCUT2D eigenvalue weighted by molar-refractivity contribution is 0.591. The van der Waals surface area contributed by atoms with Gasteiger partial charge in [0, 0.05) is 24.5 Å². The molecule has 0 unspecified atom stereocenters. The number of aryl methyl sites for hydroxylation is 1. The Morgan fingerprint density at radius 1 is 1.20 bits per heavy atom. The highest BCUT2D eigenvalue weighted by Gasteiger charge is 2.28. The summed E-state index contributed by atoms with van der Waals surface area (Å²) in [5.74, 6) is 0. The van der Waals surface area contributed by atoms with Crippen molar-refractivity contribution in [2.24, 2.45) is 0 Å². The van der Waals surface area contributed by atoms with Crippen LogP contribution in [0.4, 0.5) is 5.69 Å². The van der Waals surface area contributed by atoms with Crippen LogP contribution in [0.15, 0.2) is 40.6 Å². The third-order valence-corrected chi connectivity index (χ3v) is 6.61. The molecule has 0 bridgehead atoms. The van der Waals surface area contributed by atoms with E-state index in [1.165, 1.54) is 15.6 Å². The van der Waals surface area contributed by atoms with Gasteiger partial charge in [0.2, 0.25) is 0 Å². The summed E-state index contributed by atoms with van der Waals surface area (Å²) in [4.78, 5) is 1.00. The smallest absolute Gasteiger partial charge is 0.273 e. The monoisotopic (exact) mass is 308 g/mol. The Balaban J connectivity index is 2.09. The molecule has 0 fully saturated rings. The van der Waals surface area contributed by atoms with Gasteiger partial charge in [-0.3, -0.25) is 4.31 Å². The van der Waals surface area contributed by atoms with Crippen LogP contribution in [0.2, 0.25) is 0 Å². The van der Waals surface area contributed by atoms with Crippen LogP contribution in [0.3, 0.4) is 0 Å². The van der Waals surface area contributed by atoms with Gasteiger partial charge >= 0.3 is 0 Å². The number of hydrogen-bond donors (Lipinski definition) is 1. The molecule has 0 saturated heterocycles. The van der Waals surface area contributed by atoms with Crippen LogP contribution < -0.4 is 9.62 Å². The van der Waals surface area contributed by atoms with Gasteiger partial charge in [-0.2, -0.15) is 0 Å². The average molecular weight is 308 g/mol. The predicted molar refractivity (Wildman–Crippen MR) is 81.7 cm³/mol. The van der Waals surface area contributed by atoms with E-state index in [1.807, 2.05) is 37.3 Å². The Bertz CT molecular complexity index is 722. The van der Waals surface area contributed by atoms with Crippen LogP contribution in [0.1, 0.15) is 10.4 Å². The van der Waals surface area contributed by atoms with Gasteiger partial charge in [-0.1, -0.05) is 18.2 Å². The second-order valence-electron chi connectivity index (χ2n) is 4.75. The first kappa shape index (κ1) is 13.6. The Hall–Kier alpha value is -1.37. The SMILES string of the molecule is Cc1ccc(S(=O)(=O)N2CCNCc3ccccc32)s1. The summed E-state index contributed by atoms with van der Waals surface area (Å²) >= 11 is 1.32. The van der Waals surface area contributed by atoms with Crippen molar-refractivity contribution in [3.63, 3.8) is 0 Å². The van der Waals surface area contributed by atoms with E-state index in [1.54, 1.807) is 6.07 Å². The number of benzene rings is 1. The first-order valence-electron chi connectivity index (χ1n) is 6.47. The van der Waals surface area contributed by atoms with Crippen molar-refractivity contribution >= 4 is 27.0 Å². The molecule has 1 aromatic carbocycles. The lowest BCUT2D eigenvalue weighted by atomic mass is 10.2. The van der Waals surface area contributed by atoms with Gasteiger partial charge in [0.1, 0.15) is 4.21 Å². The first-order valence-corrected chi connectivity index (χ1v) is 8.72. The fourth-order valence-electron chi connectivity index (χ4n) is 2.34. The Kier molecular flexibility index (Phi) is 3.54. The van der Waals surface area contributed by atoms with Gasteiger partial charge in [0.05, 0.1) is 5.69 Å². The molecule has 0 spiro atoms. The maximum atomic E-state index is 12.8. The number of hydrogen-bond acceptors (Lipinski definition) is 4. The normalized spacial score (nSPS) is 15.8. The highest BCUT2D eigenvalue weighted by molar-refractivity contribution is 7.94. The number of thiophene rings is 1. The second-order valence-corrected chi connectivity index (χ2v) is 8.12. The largest absolute Gasteiger partial charge is 0.311 e. The molecule has 20 heavy (non-hydrogen) atoms. The van der Waals surface area contributed by atoms with Crippen molar-refractivity contribution in [1.82, 2.24) is 5.32 Å². The quantitative estimate of drug-likeness (QED) is 0.926. The van der Waals surface area contributed by atoms with Gasteiger partial charge in [-0.15, -0.1) is 11.3 Å². The van der Waals surface area contributed by atoms with E-state index < -0.39 is 10.0 Å². The summed E-state index contributed by atoms with van der Waals surface area (Å²) in [7, 11) is -3.47. The minimum absolute atomic E-state index is 0.409. The molecule has 1 N–H and O–H groups in total. The molecule has 0 atom stereocenters. The summed E-state index contributed by atoms with van der Waals surface area (Å²) in [5.41, 5.74) is 1.80. The minimum atomic E-state index is -3.47. The molecule has 0 amide bonds. The summed E-state index contributed by atoms with van der Waals surface area (Å²) < 4.78 is 27.6. The number of rotatable bonds is 2. The summed E-state index contributed by atoms with van der Waals surface area (Å²) in [6.45, 7) is 3.72. The van der Waals surface area contributed by atoms with Gasteiger partial charge in [0.15, 0.2) is 0 Å². The maximum absolute atomic E-state index is 12.8. The van der Waals surface area contributed by atoms with E-state index >= 15 is 0 Å². The fraction of sp³-hybridized carbons (Fsp3) is 0.286. The number of fused-ring (bicyclic) bond motifs is 1. The van der Waals surface area contributed by atoms with E-state index in [0.29, 0.717) is 23.8 Å². The Labute approximate surface area is 123 Å². The van der Waals surface area contributed by atoms with E-state index in [0.717, 1.165) is 16.1 Å². The molecule has 0 saturated carbocycles. The second kappa shape index (κ2) is 5.20. The number of sulfonamides is 1. The third kappa shape index (κ3) is 2.34. The van der Waals surface area contributed by atoms with Crippen LogP contribution in [0, 0.1) is 6.92 Å². The Morgan fingerprint density at radius 3 is 2.75 bits per heavy atom. The zero-order valence-corrected chi connectivity index (χ0v) is 12.8. The number of nitrogens with one attached hydrogen (secondary N) is 1. The van der Waals surface area contributed by atoms with Crippen LogP contribution in [-0.4, -0.2) is 21.5 Å². The van der Waals surface area contributed by atoms with Crippen molar-refractivity contribution < 1.29 is 8.42 Å². The van der Waals surface area contributed by atoms with Crippen LogP contribution in [-0.2, 0) is 16.6 Å². The summed E-state index contributed by atoms with van der Waals surface area (Å²) in [5, 5.41) is 3.26. The van der Waals surface area contributed by atoms with Gasteiger partial charge in [-0.05, 0) is 30.7 Å². The van der Waals surface area contributed by atoms with Crippen molar-refractivity contribution in [2.45, 2.75) is 17.7 Å².